The molecule has 0 radical (unpaired) electrons. The summed E-state index contributed by atoms with van der Waals surface area (Å²) in [4.78, 5) is 11.5. The maximum atomic E-state index is 11.5. The molecule has 0 bridgehead atoms. The highest BCUT2D eigenvalue weighted by molar-refractivity contribution is 6.35. The molecule has 1 rings (SSSR count). The Balaban J connectivity index is 2.26. The molecule has 0 aliphatic rings. The molecule has 7 heteroatoms. The van der Waals surface area contributed by atoms with Crippen LogP contribution in [0.1, 0.15) is 6.42 Å². The van der Waals surface area contributed by atoms with Gasteiger partial charge in [-0.15, -0.1) is 0 Å². The lowest BCUT2D eigenvalue weighted by atomic mass is 10.2. The Hall–Kier alpha value is -1.01. The first-order valence-corrected chi connectivity index (χ1v) is 6.80. The smallest absolute Gasteiger partial charge is 0.257 e. The summed E-state index contributed by atoms with van der Waals surface area (Å²) in [6.45, 7) is 0.440. The molecule has 0 aromatic heterocycles. The molecule has 0 fully saturated rings. The van der Waals surface area contributed by atoms with Crippen LogP contribution in [-0.4, -0.2) is 44.0 Å². The van der Waals surface area contributed by atoms with E-state index in [1.165, 1.54) is 13.2 Å². The van der Waals surface area contributed by atoms with E-state index in [1.54, 1.807) is 12.1 Å². The van der Waals surface area contributed by atoms with Gasteiger partial charge < -0.3 is 19.9 Å². The molecule has 1 aromatic rings. The summed E-state index contributed by atoms with van der Waals surface area (Å²) in [5.74, 6) is 0.103. The Kier molecular flexibility index (Phi) is 7.69. The van der Waals surface area contributed by atoms with E-state index in [2.05, 4.69) is 5.32 Å². The molecule has 0 saturated carbocycles. The minimum Gasteiger partial charge on any atom is -0.482 e. The van der Waals surface area contributed by atoms with E-state index in [0.29, 0.717) is 28.8 Å². The van der Waals surface area contributed by atoms with Crippen LogP contribution < -0.4 is 10.1 Å². The van der Waals surface area contributed by atoms with Crippen LogP contribution >= 0.6 is 23.2 Å². The number of carbonyl (C=O) groups is 1. The zero-order chi connectivity index (χ0) is 15.0. The fraction of sp³-hybridized carbons (Fsp3) is 0.462. The predicted octanol–water partition coefficient (Wildman–Crippen LogP) is 1.89. The molecule has 0 heterocycles. The van der Waals surface area contributed by atoms with Gasteiger partial charge in [-0.2, -0.15) is 0 Å². The summed E-state index contributed by atoms with van der Waals surface area (Å²) in [6.07, 6.45) is -0.173. The van der Waals surface area contributed by atoms with Crippen molar-refractivity contribution in [2.24, 2.45) is 0 Å². The molecule has 112 valence electrons. The molecule has 2 N–H and O–H groups in total. The molecule has 0 saturated heterocycles. The highest BCUT2D eigenvalue weighted by Gasteiger charge is 2.08. The quantitative estimate of drug-likeness (QED) is 0.767. The number of halogens is 2. The van der Waals surface area contributed by atoms with Gasteiger partial charge in [-0.3, -0.25) is 4.79 Å². The summed E-state index contributed by atoms with van der Waals surface area (Å²) in [7, 11) is 1.51. The molecular formula is C13H17Cl2NO4. The molecule has 0 spiro atoms. The molecule has 1 atom stereocenters. The number of nitrogens with one attached hydrogen (secondary N) is 1. The Morgan fingerprint density at radius 3 is 2.85 bits per heavy atom. The van der Waals surface area contributed by atoms with Crippen LogP contribution in [0, 0.1) is 0 Å². The number of amides is 1. The van der Waals surface area contributed by atoms with Crippen LogP contribution in [0.3, 0.4) is 0 Å². The van der Waals surface area contributed by atoms with Gasteiger partial charge in [0.15, 0.2) is 6.61 Å². The highest BCUT2D eigenvalue weighted by atomic mass is 35.5. The van der Waals surface area contributed by atoms with Gasteiger partial charge in [-0.1, -0.05) is 23.2 Å². The Labute approximate surface area is 127 Å². The lowest BCUT2D eigenvalue weighted by Crippen LogP contribution is -2.32. The van der Waals surface area contributed by atoms with Gasteiger partial charge in [0, 0.05) is 18.7 Å². The van der Waals surface area contributed by atoms with Gasteiger partial charge >= 0.3 is 0 Å². The first kappa shape index (κ1) is 17.0. The Bertz CT molecular complexity index is 442. The summed E-state index contributed by atoms with van der Waals surface area (Å²) in [6, 6.07) is 4.76. The van der Waals surface area contributed by atoms with Crippen molar-refractivity contribution in [3.63, 3.8) is 0 Å². The standard InChI is InChI=1S/C13H17Cl2NO4/c1-19-7-10(17)4-5-16-13(18)8-20-12-3-2-9(14)6-11(12)15/h2-3,6,10,17H,4-5,7-8H2,1H3,(H,16,18). The van der Waals surface area contributed by atoms with E-state index in [9.17, 15) is 9.90 Å². The first-order valence-electron chi connectivity index (χ1n) is 6.04. The minimum absolute atomic E-state index is 0.151. The first-order chi connectivity index (χ1) is 9.52. The molecule has 1 amide bonds. The van der Waals surface area contributed by atoms with E-state index in [-0.39, 0.29) is 19.1 Å². The van der Waals surface area contributed by atoms with Gasteiger partial charge in [0.2, 0.25) is 0 Å². The van der Waals surface area contributed by atoms with Crippen molar-refractivity contribution in [2.75, 3.05) is 26.9 Å². The fourth-order valence-electron chi connectivity index (χ4n) is 1.44. The molecule has 1 unspecified atom stereocenters. The van der Waals surface area contributed by atoms with Gasteiger partial charge in [-0.25, -0.2) is 0 Å². The van der Waals surface area contributed by atoms with Crippen LogP contribution in [0.2, 0.25) is 10.0 Å². The van der Waals surface area contributed by atoms with E-state index in [0.717, 1.165) is 0 Å². The summed E-state index contributed by atoms with van der Waals surface area (Å²) >= 11 is 11.7. The predicted molar refractivity (Wildman–Crippen MR) is 77.5 cm³/mol. The second kappa shape index (κ2) is 9.02. The van der Waals surface area contributed by atoms with Crippen molar-refractivity contribution < 1.29 is 19.4 Å². The van der Waals surface area contributed by atoms with E-state index < -0.39 is 6.10 Å². The number of hydrogen-bond donors (Lipinski definition) is 2. The van der Waals surface area contributed by atoms with Gasteiger partial charge in [0.25, 0.3) is 5.91 Å². The topological polar surface area (TPSA) is 67.8 Å². The zero-order valence-corrected chi connectivity index (χ0v) is 12.6. The third kappa shape index (κ3) is 6.43. The van der Waals surface area contributed by atoms with Crippen LogP contribution in [0.15, 0.2) is 18.2 Å². The second-order valence-corrected chi connectivity index (χ2v) is 4.95. The molecular weight excluding hydrogens is 305 g/mol. The molecule has 0 aliphatic heterocycles. The highest BCUT2D eigenvalue weighted by Crippen LogP contribution is 2.27. The maximum Gasteiger partial charge on any atom is 0.257 e. The number of hydrogen-bond acceptors (Lipinski definition) is 4. The largest absolute Gasteiger partial charge is 0.482 e. The number of benzene rings is 1. The average molecular weight is 322 g/mol. The fourth-order valence-corrected chi connectivity index (χ4v) is 1.90. The van der Waals surface area contributed by atoms with Crippen molar-refractivity contribution in [3.8, 4) is 5.75 Å². The van der Waals surface area contributed by atoms with Gasteiger partial charge in [0.1, 0.15) is 5.75 Å². The normalized spacial score (nSPS) is 12.0. The van der Waals surface area contributed by atoms with E-state index in [4.69, 9.17) is 32.7 Å². The minimum atomic E-state index is -0.591. The lowest BCUT2D eigenvalue weighted by molar-refractivity contribution is -0.123. The molecule has 1 aromatic carbocycles. The zero-order valence-electron chi connectivity index (χ0n) is 11.1. The maximum absolute atomic E-state index is 11.5. The number of methoxy groups -OCH3 is 1. The van der Waals surface area contributed by atoms with Crippen molar-refractivity contribution in [1.82, 2.24) is 5.32 Å². The second-order valence-electron chi connectivity index (χ2n) is 4.11. The molecule has 20 heavy (non-hydrogen) atoms. The van der Waals surface area contributed by atoms with Gasteiger partial charge in [-0.05, 0) is 24.6 Å². The Morgan fingerprint density at radius 1 is 1.45 bits per heavy atom. The summed E-state index contributed by atoms with van der Waals surface area (Å²) < 4.78 is 10.0. The SMILES string of the molecule is COCC(O)CCNC(=O)COc1ccc(Cl)cc1Cl. The van der Waals surface area contributed by atoms with Crippen molar-refractivity contribution >= 4 is 29.1 Å². The van der Waals surface area contributed by atoms with Crippen molar-refractivity contribution in [1.29, 1.82) is 0 Å². The average Bonchev–Trinajstić information content (AvgIpc) is 2.38. The number of rotatable bonds is 8. The monoisotopic (exact) mass is 321 g/mol. The number of aliphatic hydroxyl groups excluding tert-OH is 1. The third-order valence-corrected chi connectivity index (χ3v) is 2.94. The van der Waals surface area contributed by atoms with E-state index >= 15 is 0 Å². The summed E-state index contributed by atoms with van der Waals surface area (Å²) in [5.41, 5.74) is 0. The number of aliphatic hydroxyl groups is 1. The van der Waals surface area contributed by atoms with Crippen LogP contribution in [0.4, 0.5) is 0 Å². The molecule has 5 nitrogen and oxygen atoms in total. The summed E-state index contributed by atoms with van der Waals surface area (Å²) in [5, 5.41) is 12.9. The number of carbonyl (C=O) groups excluding carboxylic acids is 1. The van der Waals surface area contributed by atoms with Crippen LogP contribution in [0.25, 0.3) is 0 Å². The third-order valence-electron chi connectivity index (χ3n) is 2.41. The number of ether oxygens (including phenoxy) is 2. The van der Waals surface area contributed by atoms with Crippen molar-refractivity contribution in [3.05, 3.63) is 28.2 Å². The van der Waals surface area contributed by atoms with Crippen molar-refractivity contribution in [2.45, 2.75) is 12.5 Å². The van der Waals surface area contributed by atoms with Crippen LogP contribution in [-0.2, 0) is 9.53 Å². The lowest BCUT2D eigenvalue weighted by Gasteiger charge is -2.11. The molecule has 0 aliphatic carbocycles. The Morgan fingerprint density at radius 2 is 2.20 bits per heavy atom. The van der Waals surface area contributed by atoms with Gasteiger partial charge in [0.05, 0.1) is 17.7 Å². The van der Waals surface area contributed by atoms with E-state index in [1.807, 2.05) is 0 Å². The van der Waals surface area contributed by atoms with Crippen LogP contribution in [0.5, 0.6) is 5.75 Å².